The van der Waals surface area contributed by atoms with Crippen molar-refractivity contribution in [3.8, 4) is 6.01 Å². The Morgan fingerprint density at radius 3 is 2.92 bits per heavy atom. The highest BCUT2D eigenvalue weighted by molar-refractivity contribution is 5.81. The van der Waals surface area contributed by atoms with Gasteiger partial charge >= 0.3 is 6.01 Å². The molecule has 1 aromatic rings. The number of carbonyl (C=O) groups excluding carboxylic acids is 1. The van der Waals surface area contributed by atoms with Crippen molar-refractivity contribution in [2.45, 2.75) is 6.92 Å². The molecule has 1 heterocycles. The summed E-state index contributed by atoms with van der Waals surface area (Å²) in [4.78, 5) is 25.6. The van der Waals surface area contributed by atoms with Gasteiger partial charge in [0.15, 0.2) is 0 Å². The van der Waals surface area contributed by atoms with Crippen LogP contribution < -0.4 is 15.7 Å². The van der Waals surface area contributed by atoms with E-state index in [1.165, 1.54) is 26.3 Å². The summed E-state index contributed by atoms with van der Waals surface area (Å²) in [6.45, 7) is 1.29. The zero-order valence-corrected chi connectivity index (χ0v) is 7.27. The Balaban J connectivity index is 3.15. The number of ether oxygens (including phenoxy) is 1. The van der Waals surface area contributed by atoms with Crippen LogP contribution in [0, 0.1) is 0 Å². The van der Waals surface area contributed by atoms with E-state index in [1.807, 2.05) is 0 Å². The maximum absolute atomic E-state index is 11.2. The summed E-state index contributed by atoms with van der Waals surface area (Å²) in [5.74, 6) is -0.367. The van der Waals surface area contributed by atoms with Crippen molar-refractivity contribution in [2.75, 3.05) is 12.5 Å². The second-order valence-corrected chi connectivity index (χ2v) is 2.27. The summed E-state index contributed by atoms with van der Waals surface area (Å²) in [7, 11) is 1.36. The van der Waals surface area contributed by atoms with Gasteiger partial charge in [-0.25, -0.2) is 4.98 Å². The van der Waals surface area contributed by atoms with Crippen LogP contribution in [0.1, 0.15) is 6.92 Å². The minimum absolute atomic E-state index is 0.0442. The number of nitrogens with one attached hydrogen (secondary N) is 1. The van der Waals surface area contributed by atoms with E-state index in [9.17, 15) is 9.59 Å². The van der Waals surface area contributed by atoms with E-state index < -0.39 is 5.56 Å². The standard InChI is InChI=1S/C7H9N3O3/c1-5(11)9-10-6(12)3-4-8-7(10)13-2/h3-4H,1-2H3,(H,9,11). The Kier molecular flexibility index (Phi) is 2.63. The molecule has 1 aromatic heterocycles. The fourth-order valence-corrected chi connectivity index (χ4v) is 0.796. The largest absolute Gasteiger partial charge is 0.467 e. The Hall–Kier alpha value is -1.85. The van der Waals surface area contributed by atoms with E-state index in [0.717, 1.165) is 4.68 Å². The minimum Gasteiger partial charge on any atom is -0.467 e. The van der Waals surface area contributed by atoms with Crippen molar-refractivity contribution in [1.82, 2.24) is 9.66 Å². The molecule has 0 saturated heterocycles. The van der Waals surface area contributed by atoms with Gasteiger partial charge in [0.1, 0.15) is 0 Å². The monoisotopic (exact) mass is 183 g/mol. The van der Waals surface area contributed by atoms with Crippen LogP contribution in [0.5, 0.6) is 6.01 Å². The Labute approximate surface area is 74.1 Å². The third kappa shape index (κ3) is 2.05. The van der Waals surface area contributed by atoms with Crippen molar-refractivity contribution in [1.29, 1.82) is 0 Å². The summed E-state index contributed by atoms with van der Waals surface area (Å²) in [5, 5.41) is 0. The van der Waals surface area contributed by atoms with Crippen molar-refractivity contribution in [3.63, 3.8) is 0 Å². The zero-order valence-electron chi connectivity index (χ0n) is 7.27. The van der Waals surface area contributed by atoms with Crippen LogP contribution in [0.2, 0.25) is 0 Å². The number of carbonyl (C=O) groups is 1. The van der Waals surface area contributed by atoms with E-state index in [-0.39, 0.29) is 11.9 Å². The second kappa shape index (κ2) is 3.70. The lowest BCUT2D eigenvalue weighted by Gasteiger charge is -2.08. The van der Waals surface area contributed by atoms with Gasteiger partial charge in [-0.05, 0) is 0 Å². The molecule has 0 bridgehead atoms. The molecule has 6 heteroatoms. The molecule has 1 amide bonds. The van der Waals surface area contributed by atoms with Crippen LogP contribution in [0.3, 0.4) is 0 Å². The smallest absolute Gasteiger partial charge is 0.318 e. The predicted octanol–water partition coefficient (Wildman–Crippen LogP) is -0.658. The van der Waals surface area contributed by atoms with Crippen molar-refractivity contribution in [2.24, 2.45) is 0 Å². The van der Waals surface area contributed by atoms with Gasteiger partial charge in [0, 0.05) is 19.2 Å². The van der Waals surface area contributed by atoms with E-state index in [1.54, 1.807) is 0 Å². The first-order valence-corrected chi connectivity index (χ1v) is 3.55. The molecule has 1 N–H and O–H groups in total. The molecule has 0 aromatic carbocycles. The molecule has 0 aliphatic heterocycles. The highest BCUT2D eigenvalue weighted by Crippen LogP contribution is 1.97. The highest BCUT2D eigenvalue weighted by atomic mass is 16.5. The van der Waals surface area contributed by atoms with Crippen LogP contribution in [-0.4, -0.2) is 22.7 Å². The van der Waals surface area contributed by atoms with Gasteiger partial charge in [0.25, 0.3) is 5.56 Å². The molecule has 0 aliphatic rings. The Morgan fingerprint density at radius 1 is 1.69 bits per heavy atom. The third-order valence-electron chi connectivity index (χ3n) is 1.27. The van der Waals surface area contributed by atoms with Gasteiger partial charge < -0.3 is 4.74 Å². The zero-order chi connectivity index (χ0) is 9.84. The maximum Gasteiger partial charge on any atom is 0.318 e. The van der Waals surface area contributed by atoms with E-state index >= 15 is 0 Å². The number of hydrogen-bond acceptors (Lipinski definition) is 4. The van der Waals surface area contributed by atoms with Crippen LogP contribution in [0.4, 0.5) is 0 Å². The number of rotatable bonds is 2. The number of aromatic nitrogens is 2. The van der Waals surface area contributed by atoms with Crippen LogP contribution in [-0.2, 0) is 4.79 Å². The molecule has 0 spiro atoms. The van der Waals surface area contributed by atoms with E-state index in [4.69, 9.17) is 4.74 Å². The molecular formula is C7H9N3O3. The molecule has 0 aliphatic carbocycles. The minimum atomic E-state index is -0.401. The molecule has 70 valence electrons. The number of amides is 1. The molecule has 0 saturated carbocycles. The Bertz CT molecular complexity index is 371. The van der Waals surface area contributed by atoms with Gasteiger partial charge in [-0.2, -0.15) is 4.68 Å². The van der Waals surface area contributed by atoms with Gasteiger partial charge in [-0.3, -0.25) is 15.0 Å². The van der Waals surface area contributed by atoms with Crippen molar-refractivity contribution >= 4 is 5.91 Å². The molecule has 6 nitrogen and oxygen atoms in total. The Morgan fingerprint density at radius 2 is 2.38 bits per heavy atom. The third-order valence-corrected chi connectivity index (χ3v) is 1.27. The quantitative estimate of drug-likeness (QED) is 0.660. The predicted molar refractivity (Wildman–Crippen MR) is 45.1 cm³/mol. The topological polar surface area (TPSA) is 73.2 Å². The van der Waals surface area contributed by atoms with E-state index in [0.29, 0.717) is 0 Å². The van der Waals surface area contributed by atoms with Crippen LogP contribution >= 0.6 is 0 Å². The first-order chi connectivity index (χ1) is 6.15. The van der Waals surface area contributed by atoms with Gasteiger partial charge in [-0.15, -0.1) is 0 Å². The first kappa shape index (κ1) is 9.24. The first-order valence-electron chi connectivity index (χ1n) is 3.55. The molecule has 0 atom stereocenters. The summed E-state index contributed by atoms with van der Waals surface area (Å²) in [6, 6.07) is 1.26. The molecular weight excluding hydrogens is 174 g/mol. The van der Waals surface area contributed by atoms with Crippen LogP contribution in [0.25, 0.3) is 0 Å². The SMILES string of the molecule is COc1nccc(=O)n1NC(C)=O. The van der Waals surface area contributed by atoms with E-state index in [2.05, 4.69) is 10.4 Å². The molecule has 0 radical (unpaired) electrons. The van der Waals surface area contributed by atoms with Gasteiger partial charge in [0.05, 0.1) is 7.11 Å². The average molecular weight is 183 g/mol. The average Bonchev–Trinajstić information content (AvgIpc) is 2.08. The second-order valence-electron chi connectivity index (χ2n) is 2.27. The number of methoxy groups -OCH3 is 1. The normalized spacial score (nSPS) is 9.38. The van der Waals surface area contributed by atoms with Crippen molar-refractivity contribution in [3.05, 3.63) is 22.6 Å². The lowest BCUT2D eigenvalue weighted by atomic mass is 10.6. The summed E-state index contributed by atoms with van der Waals surface area (Å²) in [5.41, 5.74) is 1.87. The molecule has 0 fully saturated rings. The lowest BCUT2D eigenvalue weighted by molar-refractivity contribution is -0.115. The highest BCUT2D eigenvalue weighted by Gasteiger charge is 2.04. The number of nitrogens with zero attached hydrogens (tertiary/aromatic N) is 2. The molecule has 1 rings (SSSR count). The molecule has 0 unspecified atom stereocenters. The van der Waals surface area contributed by atoms with Gasteiger partial charge in [-0.1, -0.05) is 0 Å². The van der Waals surface area contributed by atoms with Gasteiger partial charge in [0.2, 0.25) is 5.91 Å². The molecule has 13 heavy (non-hydrogen) atoms. The van der Waals surface area contributed by atoms with Crippen molar-refractivity contribution < 1.29 is 9.53 Å². The van der Waals surface area contributed by atoms with Crippen LogP contribution in [0.15, 0.2) is 17.1 Å². The summed E-state index contributed by atoms with van der Waals surface area (Å²) in [6.07, 6.45) is 1.31. The number of hydrogen-bond donors (Lipinski definition) is 1. The maximum atomic E-state index is 11.2. The lowest BCUT2D eigenvalue weighted by Crippen LogP contribution is -2.32. The fraction of sp³-hybridized carbons (Fsp3) is 0.286. The summed E-state index contributed by atoms with van der Waals surface area (Å²) < 4.78 is 5.70. The summed E-state index contributed by atoms with van der Waals surface area (Å²) >= 11 is 0. The fourth-order valence-electron chi connectivity index (χ4n) is 0.796.